The number of ether oxygens (including phenoxy) is 1. The van der Waals surface area contributed by atoms with Gasteiger partial charge in [-0.15, -0.1) is 0 Å². The molecule has 5 nitrogen and oxygen atoms in total. The molecule has 0 aliphatic heterocycles. The molecule has 134 valence electrons. The first kappa shape index (κ1) is 18.0. The van der Waals surface area contributed by atoms with Crippen LogP contribution in [0.25, 0.3) is 0 Å². The molecule has 6 heteroatoms. The molecule has 0 saturated carbocycles. The van der Waals surface area contributed by atoms with Crippen molar-refractivity contribution in [2.24, 2.45) is 0 Å². The molecule has 0 radical (unpaired) electrons. The molecule has 0 atom stereocenters. The summed E-state index contributed by atoms with van der Waals surface area (Å²) in [7, 11) is 1.67. The average Bonchev–Trinajstić information content (AvgIpc) is 2.63. The number of hydrogen-bond acceptors (Lipinski definition) is 5. The third kappa shape index (κ3) is 4.24. The van der Waals surface area contributed by atoms with Crippen LogP contribution in [0.2, 0.25) is 5.02 Å². The minimum atomic E-state index is 0.607. The second kappa shape index (κ2) is 8.06. The van der Waals surface area contributed by atoms with Crippen LogP contribution in [0.1, 0.15) is 17.0 Å². The van der Waals surface area contributed by atoms with E-state index in [1.54, 1.807) is 7.11 Å². The predicted molar refractivity (Wildman–Crippen MR) is 107 cm³/mol. The summed E-state index contributed by atoms with van der Waals surface area (Å²) in [6.45, 7) is 4.44. The van der Waals surface area contributed by atoms with Gasteiger partial charge in [-0.3, -0.25) is 0 Å². The molecule has 0 unspecified atom stereocenters. The Hall–Kier alpha value is -2.79. The van der Waals surface area contributed by atoms with E-state index in [4.69, 9.17) is 16.3 Å². The summed E-state index contributed by atoms with van der Waals surface area (Å²) in [5, 5.41) is 7.36. The highest BCUT2D eigenvalue weighted by Gasteiger charge is 2.07. The predicted octanol–water partition coefficient (Wildman–Crippen LogP) is 5.11. The molecule has 26 heavy (non-hydrogen) atoms. The Morgan fingerprint density at radius 1 is 1.00 bits per heavy atom. The van der Waals surface area contributed by atoms with Crippen molar-refractivity contribution < 1.29 is 4.74 Å². The van der Waals surface area contributed by atoms with Gasteiger partial charge in [0.2, 0.25) is 0 Å². The van der Waals surface area contributed by atoms with Crippen molar-refractivity contribution in [3.63, 3.8) is 0 Å². The summed E-state index contributed by atoms with van der Waals surface area (Å²) in [5.41, 5.74) is 2.96. The molecule has 0 amide bonds. The van der Waals surface area contributed by atoms with Crippen molar-refractivity contribution in [2.45, 2.75) is 20.4 Å². The van der Waals surface area contributed by atoms with Gasteiger partial charge in [-0.1, -0.05) is 35.9 Å². The number of para-hydroxylation sites is 1. The fraction of sp³-hybridized carbons (Fsp3) is 0.200. The summed E-state index contributed by atoms with van der Waals surface area (Å²) in [6.07, 6.45) is 0. The number of benzene rings is 2. The molecule has 2 aromatic carbocycles. The van der Waals surface area contributed by atoms with Crippen LogP contribution >= 0.6 is 11.6 Å². The van der Waals surface area contributed by atoms with Crippen LogP contribution in [0.4, 0.5) is 17.3 Å². The first-order valence-electron chi connectivity index (χ1n) is 8.30. The van der Waals surface area contributed by atoms with Crippen molar-refractivity contribution in [1.29, 1.82) is 0 Å². The molecular formula is C20H21ClN4O. The Morgan fingerprint density at radius 3 is 2.58 bits per heavy atom. The number of nitrogens with one attached hydrogen (secondary N) is 2. The number of anilines is 3. The van der Waals surface area contributed by atoms with Crippen molar-refractivity contribution in [1.82, 2.24) is 9.97 Å². The molecule has 0 spiro atoms. The molecule has 0 saturated heterocycles. The molecular weight excluding hydrogens is 348 g/mol. The summed E-state index contributed by atoms with van der Waals surface area (Å²) in [6, 6.07) is 15.5. The fourth-order valence-electron chi connectivity index (χ4n) is 2.64. The van der Waals surface area contributed by atoms with Crippen molar-refractivity contribution in [3.8, 4) is 5.75 Å². The van der Waals surface area contributed by atoms with Gasteiger partial charge in [0.15, 0.2) is 0 Å². The SMILES string of the molecule is COc1ccccc1CNc1cc(Nc2cccc(Cl)c2C)nc(C)n1. The summed E-state index contributed by atoms with van der Waals surface area (Å²) in [5.74, 6) is 2.98. The lowest BCUT2D eigenvalue weighted by Crippen LogP contribution is -2.06. The molecule has 1 aromatic heterocycles. The molecule has 1 heterocycles. The van der Waals surface area contributed by atoms with Crippen molar-refractivity contribution in [2.75, 3.05) is 17.7 Å². The summed E-state index contributed by atoms with van der Waals surface area (Å²) < 4.78 is 5.39. The highest BCUT2D eigenvalue weighted by molar-refractivity contribution is 6.31. The number of methoxy groups -OCH3 is 1. The Balaban J connectivity index is 1.78. The lowest BCUT2D eigenvalue weighted by molar-refractivity contribution is 0.410. The van der Waals surface area contributed by atoms with E-state index in [2.05, 4.69) is 20.6 Å². The average molecular weight is 369 g/mol. The van der Waals surface area contributed by atoms with E-state index >= 15 is 0 Å². The molecule has 3 aromatic rings. The van der Waals surface area contributed by atoms with Crippen LogP contribution in [-0.4, -0.2) is 17.1 Å². The quantitative estimate of drug-likeness (QED) is 0.633. The number of nitrogens with zero attached hydrogens (tertiary/aromatic N) is 2. The van der Waals surface area contributed by atoms with E-state index in [1.807, 2.05) is 62.4 Å². The largest absolute Gasteiger partial charge is 0.496 e. The zero-order chi connectivity index (χ0) is 18.5. The van der Waals surface area contributed by atoms with Crippen LogP contribution < -0.4 is 15.4 Å². The molecule has 0 aliphatic rings. The number of halogens is 1. The number of aromatic nitrogens is 2. The molecule has 2 N–H and O–H groups in total. The Kier molecular flexibility index (Phi) is 5.58. The lowest BCUT2D eigenvalue weighted by atomic mass is 10.2. The fourth-order valence-corrected chi connectivity index (χ4v) is 2.81. The van der Waals surface area contributed by atoms with Gasteiger partial charge in [0.1, 0.15) is 23.2 Å². The normalized spacial score (nSPS) is 10.5. The van der Waals surface area contributed by atoms with Crippen LogP contribution in [0.3, 0.4) is 0 Å². The van der Waals surface area contributed by atoms with E-state index in [1.165, 1.54) is 0 Å². The number of rotatable bonds is 6. The van der Waals surface area contributed by atoms with Crippen molar-refractivity contribution in [3.05, 3.63) is 70.5 Å². The Labute approximate surface area is 158 Å². The molecule has 0 bridgehead atoms. The molecule has 0 fully saturated rings. The minimum absolute atomic E-state index is 0.607. The van der Waals surface area contributed by atoms with E-state index in [9.17, 15) is 0 Å². The van der Waals surface area contributed by atoms with Gasteiger partial charge in [0, 0.05) is 28.9 Å². The third-order valence-corrected chi connectivity index (χ3v) is 4.43. The summed E-state index contributed by atoms with van der Waals surface area (Å²) >= 11 is 6.19. The second-order valence-corrected chi connectivity index (χ2v) is 6.30. The highest BCUT2D eigenvalue weighted by atomic mass is 35.5. The standard InChI is InChI=1S/C20H21ClN4O/c1-13-16(21)8-6-9-17(13)25-20-11-19(23-14(2)24-20)22-12-15-7-4-5-10-18(15)26-3/h4-11H,12H2,1-3H3,(H2,22,23,24,25). The van der Waals surface area contributed by atoms with Crippen LogP contribution in [0, 0.1) is 13.8 Å². The first-order valence-corrected chi connectivity index (χ1v) is 8.68. The van der Waals surface area contributed by atoms with Crippen LogP contribution in [0.15, 0.2) is 48.5 Å². The second-order valence-electron chi connectivity index (χ2n) is 5.89. The van der Waals surface area contributed by atoms with Gasteiger partial charge in [-0.05, 0) is 37.6 Å². The third-order valence-electron chi connectivity index (χ3n) is 4.02. The minimum Gasteiger partial charge on any atom is -0.496 e. The number of aryl methyl sites for hydroxylation is 1. The zero-order valence-electron chi connectivity index (χ0n) is 15.0. The van der Waals surface area contributed by atoms with Gasteiger partial charge >= 0.3 is 0 Å². The maximum Gasteiger partial charge on any atom is 0.136 e. The van der Waals surface area contributed by atoms with Crippen molar-refractivity contribution >= 4 is 28.9 Å². The van der Waals surface area contributed by atoms with E-state index in [-0.39, 0.29) is 0 Å². The first-order chi connectivity index (χ1) is 12.6. The monoisotopic (exact) mass is 368 g/mol. The van der Waals surface area contributed by atoms with Gasteiger partial charge in [0.25, 0.3) is 0 Å². The lowest BCUT2D eigenvalue weighted by Gasteiger charge is -2.13. The van der Waals surface area contributed by atoms with E-state index in [0.29, 0.717) is 18.2 Å². The van der Waals surface area contributed by atoms with Crippen LogP contribution in [-0.2, 0) is 6.54 Å². The van der Waals surface area contributed by atoms with Gasteiger partial charge in [-0.2, -0.15) is 0 Å². The van der Waals surface area contributed by atoms with E-state index < -0.39 is 0 Å². The molecule has 0 aliphatic carbocycles. The maximum atomic E-state index is 6.19. The van der Waals surface area contributed by atoms with Gasteiger partial charge in [-0.25, -0.2) is 9.97 Å². The Morgan fingerprint density at radius 2 is 1.77 bits per heavy atom. The summed E-state index contributed by atoms with van der Waals surface area (Å²) in [4.78, 5) is 8.92. The molecule has 3 rings (SSSR count). The van der Waals surface area contributed by atoms with Crippen LogP contribution in [0.5, 0.6) is 5.75 Å². The smallest absolute Gasteiger partial charge is 0.136 e. The number of hydrogen-bond donors (Lipinski definition) is 2. The van der Waals surface area contributed by atoms with Gasteiger partial charge < -0.3 is 15.4 Å². The van der Waals surface area contributed by atoms with E-state index in [0.717, 1.165) is 33.4 Å². The highest BCUT2D eigenvalue weighted by Crippen LogP contribution is 2.26. The zero-order valence-corrected chi connectivity index (χ0v) is 15.8. The maximum absolute atomic E-state index is 6.19. The van der Waals surface area contributed by atoms with Gasteiger partial charge in [0.05, 0.1) is 7.11 Å². The Bertz CT molecular complexity index is 914. The topological polar surface area (TPSA) is 59.1 Å².